The van der Waals surface area contributed by atoms with Crippen molar-refractivity contribution in [3.63, 3.8) is 0 Å². The lowest BCUT2D eigenvalue weighted by atomic mass is 10.2. The van der Waals surface area contributed by atoms with E-state index in [1.54, 1.807) is 29.2 Å². The first-order valence-corrected chi connectivity index (χ1v) is 9.81. The van der Waals surface area contributed by atoms with Crippen molar-refractivity contribution in [2.24, 2.45) is 0 Å². The Kier molecular flexibility index (Phi) is 7.05. The number of amides is 2. The first kappa shape index (κ1) is 21.1. The van der Waals surface area contributed by atoms with Crippen LogP contribution in [-0.4, -0.2) is 68.0 Å². The number of hydrogen-bond acceptors (Lipinski definition) is 7. The first-order valence-electron chi connectivity index (χ1n) is 9.81. The number of rotatable bonds is 8. The molecule has 0 spiro atoms. The summed E-state index contributed by atoms with van der Waals surface area (Å²) in [4.78, 5) is 38.4. The number of carbonyl (C=O) groups excluding carboxylic acids is 3. The number of carbonyl (C=O) groups is 3. The molecule has 9 heteroatoms. The van der Waals surface area contributed by atoms with Crippen molar-refractivity contribution in [2.45, 2.75) is 44.7 Å². The number of para-hydroxylation sites is 1. The molecule has 2 N–H and O–H groups in total. The fraction of sp³-hybridized carbons (Fsp3) is 0.550. The van der Waals surface area contributed by atoms with Gasteiger partial charge in [-0.25, -0.2) is 0 Å². The number of nitrogens with zero attached hydrogens (tertiary/aromatic N) is 1. The van der Waals surface area contributed by atoms with E-state index >= 15 is 0 Å². The summed E-state index contributed by atoms with van der Waals surface area (Å²) in [6.45, 7) is 2.73. The van der Waals surface area contributed by atoms with Crippen molar-refractivity contribution in [3.05, 3.63) is 29.8 Å². The smallest absolute Gasteiger partial charge is 0.309 e. The molecule has 0 radical (unpaired) electrons. The van der Waals surface area contributed by atoms with E-state index in [9.17, 15) is 14.4 Å². The molecule has 2 fully saturated rings. The Morgan fingerprint density at radius 1 is 1.31 bits per heavy atom. The molecule has 1 aromatic carbocycles. The van der Waals surface area contributed by atoms with E-state index in [1.165, 1.54) is 7.11 Å². The summed E-state index contributed by atoms with van der Waals surface area (Å²) in [5.41, 5.74) is 0.375. The van der Waals surface area contributed by atoms with Gasteiger partial charge in [-0.15, -0.1) is 0 Å². The third-order valence-electron chi connectivity index (χ3n) is 5.03. The number of methoxy groups -OCH3 is 1. The summed E-state index contributed by atoms with van der Waals surface area (Å²) in [7, 11) is 1.49. The third-order valence-corrected chi connectivity index (χ3v) is 5.03. The Bertz CT molecular complexity index is 755. The third kappa shape index (κ3) is 5.04. The Morgan fingerprint density at radius 2 is 2.10 bits per heavy atom. The number of ether oxygens (including phenoxy) is 3. The van der Waals surface area contributed by atoms with Crippen LogP contribution in [-0.2, 0) is 19.1 Å². The molecule has 158 valence electrons. The van der Waals surface area contributed by atoms with Crippen molar-refractivity contribution in [3.8, 4) is 5.75 Å². The van der Waals surface area contributed by atoms with Crippen LogP contribution in [0.25, 0.3) is 0 Å². The molecule has 2 amide bonds. The van der Waals surface area contributed by atoms with Gasteiger partial charge < -0.3 is 24.4 Å². The zero-order chi connectivity index (χ0) is 20.8. The first-order chi connectivity index (χ1) is 14.0. The van der Waals surface area contributed by atoms with Gasteiger partial charge in [0.15, 0.2) is 0 Å². The maximum absolute atomic E-state index is 12.7. The van der Waals surface area contributed by atoms with E-state index in [0.29, 0.717) is 24.5 Å². The second kappa shape index (κ2) is 9.71. The molecule has 3 rings (SSSR count). The lowest BCUT2D eigenvalue weighted by Crippen LogP contribution is -2.53. The Morgan fingerprint density at radius 3 is 2.86 bits per heavy atom. The van der Waals surface area contributed by atoms with Crippen LogP contribution in [0.5, 0.6) is 5.75 Å². The van der Waals surface area contributed by atoms with Gasteiger partial charge in [-0.1, -0.05) is 12.1 Å². The SMILES string of the molecule is CCO[C@@H]1OC(=O)C[C@@H]1NC1CCCN1C(=O)CNC(=O)c1ccccc1OC. The maximum atomic E-state index is 12.7. The number of cyclic esters (lactones) is 1. The highest BCUT2D eigenvalue weighted by Crippen LogP contribution is 2.22. The minimum Gasteiger partial charge on any atom is -0.496 e. The summed E-state index contributed by atoms with van der Waals surface area (Å²) in [5.74, 6) is -0.431. The highest BCUT2D eigenvalue weighted by atomic mass is 16.7. The fourth-order valence-electron chi connectivity index (χ4n) is 3.66. The minimum absolute atomic E-state index is 0.121. The normalized spacial score (nSPS) is 23.7. The molecule has 1 aromatic rings. The second-order valence-corrected chi connectivity index (χ2v) is 6.92. The van der Waals surface area contributed by atoms with E-state index < -0.39 is 6.29 Å². The van der Waals surface area contributed by atoms with Crippen molar-refractivity contribution in [1.82, 2.24) is 15.5 Å². The molecule has 0 aromatic heterocycles. The van der Waals surface area contributed by atoms with Gasteiger partial charge in [0.05, 0.1) is 37.8 Å². The van der Waals surface area contributed by atoms with Gasteiger partial charge in [0.2, 0.25) is 12.2 Å². The van der Waals surface area contributed by atoms with Gasteiger partial charge in [0.1, 0.15) is 5.75 Å². The quantitative estimate of drug-likeness (QED) is 0.612. The maximum Gasteiger partial charge on any atom is 0.309 e. The molecule has 0 aliphatic carbocycles. The van der Waals surface area contributed by atoms with Gasteiger partial charge in [0.25, 0.3) is 5.91 Å². The van der Waals surface area contributed by atoms with Gasteiger partial charge in [0, 0.05) is 13.2 Å². The predicted molar refractivity (Wildman–Crippen MR) is 103 cm³/mol. The average molecular weight is 405 g/mol. The van der Waals surface area contributed by atoms with Gasteiger partial charge in [-0.3, -0.25) is 19.7 Å². The van der Waals surface area contributed by atoms with Crippen LogP contribution in [0.2, 0.25) is 0 Å². The summed E-state index contributed by atoms with van der Waals surface area (Å²) >= 11 is 0. The van der Waals surface area contributed by atoms with Crippen LogP contribution in [0.3, 0.4) is 0 Å². The lowest BCUT2D eigenvalue weighted by molar-refractivity contribution is -0.164. The standard InChI is InChI=1S/C20H27N3O6/c1-3-28-20-14(11-18(25)29-20)22-16-9-6-10-23(16)17(24)12-21-19(26)13-7-4-5-8-15(13)27-2/h4-5,7-8,14,16,20,22H,3,6,9-12H2,1-2H3,(H,21,26)/t14-,16?,20+/m0/s1. The predicted octanol–water partition coefficient (Wildman–Crippen LogP) is 0.641. The second-order valence-electron chi connectivity index (χ2n) is 6.92. The van der Waals surface area contributed by atoms with Crippen molar-refractivity contribution in [2.75, 3.05) is 26.8 Å². The molecule has 2 aliphatic rings. The number of likely N-dealkylation sites (tertiary alicyclic amines) is 1. The fourth-order valence-corrected chi connectivity index (χ4v) is 3.66. The van der Waals surface area contributed by atoms with Gasteiger partial charge >= 0.3 is 5.97 Å². The summed E-state index contributed by atoms with van der Waals surface area (Å²) in [6.07, 6.45) is 0.928. The number of nitrogens with one attached hydrogen (secondary N) is 2. The molecule has 2 heterocycles. The molecular weight excluding hydrogens is 378 g/mol. The van der Waals surface area contributed by atoms with E-state index in [4.69, 9.17) is 14.2 Å². The van der Waals surface area contributed by atoms with Crippen LogP contribution >= 0.6 is 0 Å². The number of hydrogen-bond donors (Lipinski definition) is 2. The van der Waals surface area contributed by atoms with Gasteiger partial charge in [-0.05, 0) is 31.9 Å². The van der Waals surface area contributed by atoms with Crippen LogP contribution < -0.4 is 15.4 Å². The highest BCUT2D eigenvalue weighted by molar-refractivity contribution is 5.98. The van der Waals surface area contributed by atoms with Crippen LogP contribution in [0, 0.1) is 0 Å². The van der Waals surface area contributed by atoms with E-state index in [1.807, 2.05) is 6.92 Å². The van der Waals surface area contributed by atoms with Gasteiger partial charge in [-0.2, -0.15) is 0 Å². The van der Waals surface area contributed by atoms with E-state index in [0.717, 1.165) is 12.8 Å². The monoisotopic (exact) mass is 405 g/mol. The largest absolute Gasteiger partial charge is 0.496 e. The molecule has 1 unspecified atom stereocenters. The summed E-state index contributed by atoms with van der Waals surface area (Å²) in [5, 5.41) is 5.97. The summed E-state index contributed by atoms with van der Waals surface area (Å²) in [6, 6.07) is 6.54. The Hall–Kier alpha value is -2.65. The highest BCUT2D eigenvalue weighted by Gasteiger charge is 2.39. The van der Waals surface area contributed by atoms with Crippen LogP contribution in [0.15, 0.2) is 24.3 Å². The van der Waals surface area contributed by atoms with E-state index in [-0.39, 0.29) is 43.0 Å². The molecular formula is C20H27N3O6. The lowest BCUT2D eigenvalue weighted by Gasteiger charge is -2.29. The molecule has 0 bridgehead atoms. The van der Waals surface area contributed by atoms with Crippen molar-refractivity contribution >= 4 is 17.8 Å². The van der Waals surface area contributed by atoms with Crippen molar-refractivity contribution in [1.29, 1.82) is 0 Å². The number of esters is 1. The topological polar surface area (TPSA) is 106 Å². The Balaban J connectivity index is 1.56. The van der Waals surface area contributed by atoms with E-state index in [2.05, 4.69) is 10.6 Å². The zero-order valence-corrected chi connectivity index (χ0v) is 16.7. The molecule has 2 saturated heterocycles. The van der Waals surface area contributed by atoms with Crippen LogP contribution in [0.4, 0.5) is 0 Å². The van der Waals surface area contributed by atoms with Crippen molar-refractivity contribution < 1.29 is 28.6 Å². The minimum atomic E-state index is -0.643. The molecule has 2 aliphatic heterocycles. The van der Waals surface area contributed by atoms with Crippen LogP contribution in [0.1, 0.15) is 36.5 Å². The Labute approximate surface area is 169 Å². The molecule has 0 saturated carbocycles. The average Bonchev–Trinajstić information content (AvgIpc) is 3.32. The zero-order valence-electron chi connectivity index (χ0n) is 16.7. The molecule has 9 nitrogen and oxygen atoms in total. The molecule has 3 atom stereocenters. The summed E-state index contributed by atoms with van der Waals surface area (Å²) < 4.78 is 15.8. The number of benzene rings is 1. The molecule has 29 heavy (non-hydrogen) atoms.